The molecular formula is C15H14N2O2. The van der Waals surface area contributed by atoms with Gasteiger partial charge < -0.3 is 0 Å². The van der Waals surface area contributed by atoms with Crippen LogP contribution >= 0.6 is 0 Å². The van der Waals surface area contributed by atoms with Gasteiger partial charge in [0, 0.05) is 11.5 Å². The van der Waals surface area contributed by atoms with Crippen molar-refractivity contribution in [3.63, 3.8) is 0 Å². The smallest absolute Gasteiger partial charge is 0.269 e. The van der Waals surface area contributed by atoms with Gasteiger partial charge in [0.25, 0.3) is 5.91 Å². The predicted molar refractivity (Wildman–Crippen MR) is 72.3 cm³/mol. The average molecular weight is 254 g/mol. The van der Waals surface area contributed by atoms with Crippen molar-refractivity contribution in [2.24, 2.45) is 5.92 Å². The SMILES string of the molecule is O=C(NNC(=O)C1CC1)c1ccc2ccccc2c1. The first-order chi connectivity index (χ1) is 9.24. The third kappa shape index (κ3) is 2.57. The van der Waals surface area contributed by atoms with E-state index < -0.39 is 0 Å². The molecule has 0 unspecified atom stereocenters. The molecule has 0 saturated heterocycles. The van der Waals surface area contributed by atoms with E-state index in [9.17, 15) is 9.59 Å². The Morgan fingerprint density at radius 3 is 2.42 bits per heavy atom. The van der Waals surface area contributed by atoms with Crippen molar-refractivity contribution >= 4 is 22.6 Å². The molecule has 1 saturated carbocycles. The van der Waals surface area contributed by atoms with Gasteiger partial charge in [-0.2, -0.15) is 0 Å². The molecule has 1 aliphatic carbocycles. The molecule has 0 bridgehead atoms. The van der Waals surface area contributed by atoms with E-state index in [0.29, 0.717) is 5.56 Å². The highest BCUT2D eigenvalue weighted by atomic mass is 16.2. The zero-order chi connectivity index (χ0) is 13.2. The molecule has 0 spiro atoms. The topological polar surface area (TPSA) is 58.2 Å². The maximum atomic E-state index is 11.9. The number of nitrogens with one attached hydrogen (secondary N) is 2. The lowest BCUT2D eigenvalue weighted by molar-refractivity contribution is -0.123. The van der Waals surface area contributed by atoms with E-state index in [2.05, 4.69) is 10.9 Å². The van der Waals surface area contributed by atoms with E-state index in [1.807, 2.05) is 36.4 Å². The Balaban J connectivity index is 1.71. The fourth-order valence-electron chi connectivity index (χ4n) is 1.97. The third-order valence-corrected chi connectivity index (χ3v) is 3.26. The number of benzene rings is 2. The lowest BCUT2D eigenvalue weighted by Gasteiger charge is -2.07. The van der Waals surface area contributed by atoms with Gasteiger partial charge in [-0.25, -0.2) is 0 Å². The minimum absolute atomic E-state index is 0.0805. The number of fused-ring (bicyclic) bond motifs is 1. The van der Waals surface area contributed by atoms with E-state index in [-0.39, 0.29) is 17.7 Å². The van der Waals surface area contributed by atoms with Crippen molar-refractivity contribution in [3.8, 4) is 0 Å². The molecule has 0 radical (unpaired) electrons. The maximum absolute atomic E-state index is 11.9. The normalized spacial score (nSPS) is 14.1. The fourth-order valence-corrected chi connectivity index (χ4v) is 1.97. The molecule has 19 heavy (non-hydrogen) atoms. The van der Waals surface area contributed by atoms with Gasteiger partial charge in [0.15, 0.2) is 0 Å². The fraction of sp³-hybridized carbons (Fsp3) is 0.200. The molecular weight excluding hydrogens is 240 g/mol. The van der Waals surface area contributed by atoms with Crippen molar-refractivity contribution < 1.29 is 9.59 Å². The first-order valence-electron chi connectivity index (χ1n) is 6.33. The standard InChI is InChI=1S/C15H14N2O2/c18-14(11-6-7-11)16-17-15(19)13-8-5-10-3-1-2-4-12(10)9-13/h1-5,8-9,11H,6-7H2,(H,16,18)(H,17,19). The number of carbonyl (C=O) groups excluding carboxylic acids is 2. The molecule has 0 aliphatic heterocycles. The third-order valence-electron chi connectivity index (χ3n) is 3.26. The number of amides is 2. The lowest BCUT2D eigenvalue weighted by Crippen LogP contribution is -2.42. The summed E-state index contributed by atoms with van der Waals surface area (Å²) in [5.74, 6) is -0.314. The van der Waals surface area contributed by atoms with Gasteiger partial charge in [-0.1, -0.05) is 30.3 Å². The quantitative estimate of drug-likeness (QED) is 0.805. The summed E-state index contributed by atoms with van der Waals surface area (Å²) < 4.78 is 0. The highest BCUT2D eigenvalue weighted by Gasteiger charge is 2.29. The van der Waals surface area contributed by atoms with Gasteiger partial charge in [0.2, 0.25) is 5.91 Å². The predicted octanol–water partition coefficient (Wildman–Crippen LogP) is 2.01. The van der Waals surface area contributed by atoms with Crippen molar-refractivity contribution in [1.82, 2.24) is 10.9 Å². The molecule has 2 aromatic rings. The van der Waals surface area contributed by atoms with Crippen LogP contribution in [0.15, 0.2) is 42.5 Å². The molecule has 0 atom stereocenters. The number of carbonyl (C=O) groups is 2. The number of hydrogen-bond acceptors (Lipinski definition) is 2. The number of rotatable bonds is 2. The van der Waals surface area contributed by atoms with Crippen LogP contribution < -0.4 is 10.9 Å². The average Bonchev–Trinajstić information content (AvgIpc) is 3.28. The van der Waals surface area contributed by atoms with E-state index >= 15 is 0 Å². The molecule has 4 heteroatoms. The summed E-state index contributed by atoms with van der Waals surface area (Å²) >= 11 is 0. The summed E-state index contributed by atoms with van der Waals surface area (Å²) in [7, 11) is 0. The highest BCUT2D eigenvalue weighted by molar-refractivity contribution is 5.99. The monoisotopic (exact) mass is 254 g/mol. The summed E-state index contributed by atoms with van der Waals surface area (Å²) in [4.78, 5) is 23.3. The Hall–Kier alpha value is -2.36. The van der Waals surface area contributed by atoms with Crippen LogP contribution in [-0.2, 0) is 4.79 Å². The van der Waals surface area contributed by atoms with E-state index in [1.54, 1.807) is 6.07 Å². The molecule has 0 heterocycles. The number of hydrogen-bond donors (Lipinski definition) is 2. The Morgan fingerprint density at radius 1 is 0.947 bits per heavy atom. The molecule has 1 aliphatic rings. The first-order valence-corrected chi connectivity index (χ1v) is 6.33. The van der Waals surface area contributed by atoms with Crippen LogP contribution in [0.3, 0.4) is 0 Å². The number of hydrazine groups is 1. The van der Waals surface area contributed by atoms with Crippen molar-refractivity contribution in [1.29, 1.82) is 0 Å². The Bertz CT molecular complexity index is 647. The van der Waals surface area contributed by atoms with Crippen LogP contribution in [0.1, 0.15) is 23.2 Å². The van der Waals surface area contributed by atoms with Crippen LogP contribution in [0.25, 0.3) is 10.8 Å². The summed E-state index contributed by atoms with van der Waals surface area (Å²) in [6.45, 7) is 0. The van der Waals surface area contributed by atoms with Gasteiger partial charge in [0.05, 0.1) is 0 Å². The van der Waals surface area contributed by atoms with Crippen molar-refractivity contribution in [2.75, 3.05) is 0 Å². The second-order valence-electron chi connectivity index (χ2n) is 4.78. The van der Waals surface area contributed by atoms with Crippen LogP contribution in [0.2, 0.25) is 0 Å². The van der Waals surface area contributed by atoms with E-state index in [4.69, 9.17) is 0 Å². The van der Waals surface area contributed by atoms with Crippen LogP contribution in [0.4, 0.5) is 0 Å². The van der Waals surface area contributed by atoms with E-state index in [1.165, 1.54) is 0 Å². The minimum atomic E-state index is -0.292. The molecule has 1 fully saturated rings. The van der Waals surface area contributed by atoms with Gasteiger partial charge in [-0.3, -0.25) is 20.4 Å². The minimum Gasteiger partial charge on any atom is -0.273 e. The van der Waals surface area contributed by atoms with Gasteiger partial charge in [-0.15, -0.1) is 0 Å². The van der Waals surface area contributed by atoms with Crippen LogP contribution in [0.5, 0.6) is 0 Å². The summed E-state index contributed by atoms with van der Waals surface area (Å²) in [6.07, 6.45) is 1.83. The zero-order valence-electron chi connectivity index (χ0n) is 10.3. The molecule has 96 valence electrons. The van der Waals surface area contributed by atoms with Crippen molar-refractivity contribution in [2.45, 2.75) is 12.8 Å². The van der Waals surface area contributed by atoms with Gasteiger partial charge in [0.1, 0.15) is 0 Å². The summed E-state index contributed by atoms with van der Waals surface area (Å²) in [5, 5.41) is 2.09. The molecule has 4 nitrogen and oxygen atoms in total. The largest absolute Gasteiger partial charge is 0.273 e. The molecule has 2 amide bonds. The zero-order valence-corrected chi connectivity index (χ0v) is 10.3. The first kappa shape index (κ1) is 11.7. The van der Waals surface area contributed by atoms with Gasteiger partial charge in [-0.05, 0) is 35.7 Å². The molecule has 0 aromatic heterocycles. The van der Waals surface area contributed by atoms with E-state index in [0.717, 1.165) is 23.6 Å². The highest BCUT2D eigenvalue weighted by Crippen LogP contribution is 2.28. The Labute approximate surface area is 110 Å². The molecule has 3 rings (SSSR count). The van der Waals surface area contributed by atoms with Crippen LogP contribution in [-0.4, -0.2) is 11.8 Å². The molecule has 2 N–H and O–H groups in total. The second-order valence-corrected chi connectivity index (χ2v) is 4.78. The van der Waals surface area contributed by atoms with Crippen LogP contribution in [0, 0.1) is 5.92 Å². The summed E-state index contributed by atoms with van der Waals surface area (Å²) in [5.41, 5.74) is 5.44. The lowest BCUT2D eigenvalue weighted by atomic mass is 10.1. The maximum Gasteiger partial charge on any atom is 0.269 e. The second kappa shape index (κ2) is 4.72. The molecule has 2 aromatic carbocycles. The Morgan fingerprint density at radius 2 is 1.68 bits per heavy atom. The van der Waals surface area contributed by atoms with Crippen molar-refractivity contribution in [3.05, 3.63) is 48.0 Å². The Kier molecular flexibility index (Phi) is 2.91. The summed E-state index contributed by atoms with van der Waals surface area (Å²) in [6, 6.07) is 13.3. The van der Waals surface area contributed by atoms with Gasteiger partial charge >= 0.3 is 0 Å².